The predicted octanol–water partition coefficient (Wildman–Crippen LogP) is 3.26. The Kier molecular flexibility index (Phi) is 7.54. The minimum absolute atomic E-state index is 0.103. The van der Waals surface area contributed by atoms with Gasteiger partial charge in [-0.2, -0.15) is 9.78 Å². The van der Waals surface area contributed by atoms with Crippen molar-refractivity contribution in [2.24, 2.45) is 0 Å². The first-order valence-corrected chi connectivity index (χ1v) is 12.6. The molecule has 204 valence electrons. The van der Waals surface area contributed by atoms with Gasteiger partial charge < -0.3 is 19.9 Å². The van der Waals surface area contributed by atoms with E-state index in [4.69, 9.17) is 4.74 Å². The Hall–Kier alpha value is -5.06. The SMILES string of the molecule is CN(Cc1ccncc1)C(=O)c1ccc2c(c1)N(C)C(=O)[C@@H](NC(=O)n1cc(Cc3cccc(F)c3)cn1)CO2. The number of aromatic nitrogens is 3. The highest BCUT2D eigenvalue weighted by molar-refractivity contribution is 6.02. The number of anilines is 1. The lowest BCUT2D eigenvalue weighted by molar-refractivity contribution is -0.120. The topological polar surface area (TPSA) is 110 Å². The number of rotatable bonds is 6. The smallest absolute Gasteiger partial charge is 0.342 e. The second-order valence-electron chi connectivity index (χ2n) is 9.51. The van der Waals surface area contributed by atoms with Gasteiger partial charge in [0.25, 0.3) is 11.8 Å². The number of fused-ring (bicyclic) bond motifs is 1. The summed E-state index contributed by atoms with van der Waals surface area (Å²) in [6, 6.07) is 13.2. The van der Waals surface area contributed by atoms with Gasteiger partial charge in [-0.05, 0) is 59.2 Å². The van der Waals surface area contributed by atoms with Crippen molar-refractivity contribution in [3.8, 4) is 5.75 Å². The molecule has 0 aliphatic carbocycles. The van der Waals surface area contributed by atoms with Gasteiger partial charge in [0.1, 0.15) is 24.2 Å². The molecule has 1 aliphatic heterocycles. The van der Waals surface area contributed by atoms with E-state index < -0.39 is 18.0 Å². The normalized spacial score (nSPS) is 14.6. The highest BCUT2D eigenvalue weighted by Crippen LogP contribution is 2.32. The van der Waals surface area contributed by atoms with Crippen molar-refractivity contribution in [1.82, 2.24) is 25.0 Å². The van der Waals surface area contributed by atoms with Crippen LogP contribution in [0.25, 0.3) is 0 Å². The van der Waals surface area contributed by atoms with E-state index in [1.807, 2.05) is 12.1 Å². The maximum atomic E-state index is 13.5. The molecule has 0 spiro atoms. The third kappa shape index (κ3) is 5.83. The molecule has 0 saturated carbocycles. The molecule has 1 aliphatic rings. The highest BCUT2D eigenvalue weighted by atomic mass is 19.1. The maximum Gasteiger partial charge on any atom is 0.342 e. The summed E-state index contributed by atoms with van der Waals surface area (Å²) in [5.41, 5.74) is 3.20. The fourth-order valence-corrected chi connectivity index (χ4v) is 4.45. The van der Waals surface area contributed by atoms with Crippen LogP contribution in [-0.4, -0.2) is 64.3 Å². The summed E-state index contributed by atoms with van der Waals surface area (Å²) in [5.74, 6) is -0.554. The largest absolute Gasteiger partial charge is 0.489 e. The van der Waals surface area contributed by atoms with Crippen molar-refractivity contribution in [3.05, 3.63) is 107 Å². The van der Waals surface area contributed by atoms with Crippen molar-refractivity contribution >= 4 is 23.5 Å². The first-order chi connectivity index (χ1) is 19.3. The average molecular weight is 543 g/mol. The van der Waals surface area contributed by atoms with Crippen molar-refractivity contribution in [2.75, 3.05) is 25.6 Å². The van der Waals surface area contributed by atoms with Gasteiger partial charge >= 0.3 is 6.03 Å². The molecule has 1 atom stereocenters. The number of halogens is 1. The number of nitrogens with zero attached hydrogens (tertiary/aromatic N) is 5. The number of carbonyl (C=O) groups excluding carboxylic acids is 3. The number of ether oxygens (including phenoxy) is 1. The van der Waals surface area contributed by atoms with Crippen molar-refractivity contribution in [3.63, 3.8) is 0 Å². The van der Waals surface area contributed by atoms with Gasteiger partial charge in [-0.1, -0.05) is 12.1 Å². The average Bonchev–Trinajstić information content (AvgIpc) is 3.39. The van der Waals surface area contributed by atoms with Crippen LogP contribution in [0.3, 0.4) is 0 Å². The quantitative estimate of drug-likeness (QED) is 0.401. The van der Waals surface area contributed by atoms with E-state index in [1.165, 1.54) is 29.4 Å². The zero-order chi connectivity index (χ0) is 28.2. The molecule has 2 aromatic heterocycles. The molecule has 0 saturated heterocycles. The van der Waals surface area contributed by atoms with Crippen LogP contribution in [-0.2, 0) is 17.8 Å². The Morgan fingerprint density at radius 1 is 1.10 bits per heavy atom. The van der Waals surface area contributed by atoms with E-state index in [-0.39, 0.29) is 18.3 Å². The van der Waals surface area contributed by atoms with Crippen molar-refractivity contribution in [1.29, 1.82) is 0 Å². The van der Waals surface area contributed by atoms with E-state index >= 15 is 0 Å². The molecule has 0 unspecified atom stereocenters. The molecule has 1 N–H and O–H groups in total. The minimum Gasteiger partial charge on any atom is -0.489 e. The Morgan fingerprint density at radius 2 is 1.90 bits per heavy atom. The van der Waals surface area contributed by atoms with Crippen LogP contribution in [0.5, 0.6) is 5.75 Å². The zero-order valence-corrected chi connectivity index (χ0v) is 22.0. The number of likely N-dealkylation sites (N-methyl/N-ethyl adjacent to an activating group) is 1. The molecule has 0 fully saturated rings. The lowest BCUT2D eigenvalue weighted by Crippen LogP contribution is -2.50. The molecule has 5 rings (SSSR count). The molecule has 3 heterocycles. The number of nitrogens with one attached hydrogen (secondary N) is 1. The van der Waals surface area contributed by atoms with E-state index in [1.54, 1.807) is 61.7 Å². The molecule has 0 radical (unpaired) electrons. The van der Waals surface area contributed by atoms with Gasteiger partial charge in [-0.3, -0.25) is 14.6 Å². The Labute approximate surface area is 230 Å². The van der Waals surface area contributed by atoms with Gasteiger partial charge in [0.15, 0.2) is 0 Å². The molecule has 0 bridgehead atoms. The number of carbonyl (C=O) groups is 3. The molecule has 10 nitrogen and oxygen atoms in total. The van der Waals surface area contributed by atoms with Crippen LogP contribution in [0.2, 0.25) is 0 Å². The second-order valence-corrected chi connectivity index (χ2v) is 9.51. The lowest BCUT2D eigenvalue weighted by Gasteiger charge is -2.21. The molecule has 4 aromatic rings. The number of pyridine rings is 1. The second kappa shape index (κ2) is 11.4. The molecular weight excluding hydrogens is 515 g/mol. The Bertz CT molecular complexity index is 1560. The van der Waals surface area contributed by atoms with E-state index in [9.17, 15) is 18.8 Å². The summed E-state index contributed by atoms with van der Waals surface area (Å²) in [4.78, 5) is 46.2. The fraction of sp³-hybridized carbons (Fsp3) is 0.207. The third-order valence-electron chi connectivity index (χ3n) is 6.56. The van der Waals surface area contributed by atoms with E-state index in [0.29, 0.717) is 35.5 Å². The molecule has 40 heavy (non-hydrogen) atoms. The van der Waals surface area contributed by atoms with E-state index in [0.717, 1.165) is 15.8 Å². The van der Waals surface area contributed by atoms with Crippen LogP contribution in [0, 0.1) is 5.82 Å². The molecular formula is C29H27FN6O4. The van der Waals surface area contributed by atoms with Crippen LogP contribution in [0.4, 0.5) is 14.9 Å². The summed E-state index contributed by atoms with van der Waals surface area (Å²) in [7, 11) is 3.26. The fourth-order valence-electron chi connectivity index (χ4n) is 4.45. The number of hydrogen-bond acceptors (Lipinski definition) is 6. The van der Waals surface area contributed by atoms with Gasteiger partial charge in [0, 0.05) is 51.2 Å². The summed E-state index contributed by atoms with van der Waals surface area (Å²) >= 11 is 0. The highest BCUT2D eigenvalue weighted by Gasteiger charge is 2.32. The number of amides is 3. The number of benzene rings is 2. The predicted molar refractivity (Wildman–Crippen MR) is 145 cm³/mol. The summed E-state index contributed by atoms with van der Waals surface area (Å²) in [6.45, 7) is 0.295. The van der Waals surface area contributed by atoms with Crippen LogP contribution < -0.4 is 15.0 Å². The van der Waals surface area contributed by atoms with Crippen molar-refractivity contribution < 1.29 is 23.5 Å². The molecule has 11 heteroatoms. The Morgan fingerprint density at radius 3 is 2.67 bits per heavy atom. The summed E-state index contributed by atoms with van der Waals surface area (Å²) in [6.07, 6.45) is 6.78. The number of hydrogen-bond donors (Lipinski definition) is 1. The van der Waals surface area contributed by atoms with Crippen molar-refractivity contribution in [2.45, 2.75) is 19.0 Å². The summed E-state index contributed by atoms with van der Waals surface area (Å²) < 4.78 is 20.4. The Balaban J connectivity index is 1.25. The van der Waals surface area contributed by atoms with Gasteiger partial charge in [-0.15, -0.1) is 0 Å². The lowest BCUT2D eigenvalue weighted by atomic mass is 10.1. The zero-order valence-electron chi connectivity index (χ0n) is 22.0. The van der Waals surface area contributed by atoms with E-state index in [2.05, 4.69) is 15.4 Å². The minimum atomic E-state index is -0.991. The van der Waals surface area contributed by atoms with Gasteiger partial charge in [-0.25, -0.2) is 9.18 Å². The monoisotopic (exact) mass is 542 g/mol. The first-order valence-electron chi connectivity index (χ1n) is 12.6. The molecule has 3 amide bonds. The molecule has 2 aromatic carbocycles. The van der Waals surface area contributed by atoms with Crippen LogP contribution in [0.15, 0.2) is 79.4 Å². The van der Waals surface area contributed by atoms with Crippen LogP contribution in [0.1, 0.15) is 27.0 Å². The van der Waals surface area contributed by atoms with Crippen LogP contribution >= 0.6 is 0 Å². The first kappa shape index (κ1) is 26.5. The van der Waals surface area contributed by atoms with Gasteiger partial charge in [0.2, 0.25) is 0 Å². The summed E-state index contributed by atoms with van der Waals surface area (Å²) in [5, 5.41) is 6.75. The maximum absolute atomic E-state index is 13.5. The standard InChI is InChI=1S/C29H27FN6O4/c1-34(16-19-8-10-31-11-9-19)27(37)22-6-7-26-25(14-22)35(2)28(38)24(18-40-26)33-29(39)36-17-21(15-32-36)12-20-4-3-5-23(30)13-20/h3-11,13-15,17,24H,12,16,18H2,1-2H3,(H,33,39)/t24-/m0/s1. The van der Waals surface area contributed by atoms with Gasteiger partial charge in [0.05, 0.1) is 11.9 Å². The third-order valence-corrected chi connectivity index (χ3v) is 6.56.